The smallest absolute Gasteiger partial charge is 0.323 e. The molecule has 0 unspecified atom stereocenters. The Bertz CT molecular complexity index is 1200. The Hall–Kier alpha value is -3.95. The summed E-state index contributed by atoms with van der Waals surface area (Å²) in [5.74, 6) is 3.40. The lowest BCUT2D eigenvalue weighted by Gasteiger charge is -2.24. The molecule has 3 aromatic rings. The van der Waals surface area contributed by atoms with Gasteiger partial charge < -0.3 is 24.4 Å². The van der Waals surface area contributed by atoms with Gasteiger partial charge in [0.2, 0.25) is 0 Å². The average Bonchev–Trinajstić information content (AvgIpc) is 3.57. The van der Waals surface area contributed by atoms with Crippen molar-refractivity contribution in [2.75, 3.05) is 50.8 Å². The van der Waals surface area contributed by atoms with E-state index in [1.807, 2.05) is 42.1 Å². The largest absolute Gasteiger partial charge is 0.496 e. The molecule has 172 valence electrons. The van der Waals surface area contributed by atoms with Crippen LogP contribution in [0.3, 0.4) is 0 Å². The number of nitrogens with zero attached hydrogens (tertiary/aromatic N) is 5. The number of anilines is 3. The van der Waals surface area contributed by atoms with Crippen molar-refractivity contribution in [3.63, 3.8) is 0 Å². The van der Waals surface area contributed by atoms with Gasteiger partial charge in [0.05, 0.1) is 27.0 Å². The number of benzene rings is 1. The highest BCUT2D eigenvalue weighted by atomic mass is 16.5. The normalized spacial score (nSPS) is 15.0. The number of methoxy groups -OCH3 is 3. The molecule has 1 saturated heterocycles. The summed E-state index contributed by atoms with van der Waals surface area (Å²) in [6, 6.07) is 7.43. The van der Waals surface area contributed by atoms with E-state index in [1.165, 1.54) is 0 Å². The third-order valence-electron chi connectivity index (χ3n) is 5.96. The van der Waals surface area contributed by atoms with Crippen LogP contribution in [0.1, 0.15) is 11.3 Å². The van der Waals surface area contributed by atoms with E-state index >= 15 is 0 Å². The van der Waals surface area contributed by atoms with Crippen LogP contribution in [-0.4, -0.2) is 61.8 Å². The number of aryl methyl sites for hydroxylation is 1. The maximum absolute atomic E-state index is 12.0. The Kier molecular flexibility index (Phi) is 5.20. The van der Waals surface area contributed by atoms with Crippen LogP contribution in [0, 0.1) is 6.92 Å². The first-order valence-electron chi connectivity index (χ1n) is 10.7. The quantitative estimate of drug-likeness (QED) is 0.617. The standard InChI is InChI=1S/C23H26N6O4/c1-14-11-17(29-9-6-20(26-29)27-10-7-24-23(27)30)16-5-8-28(22(16)25-14)21-18(32-3)12-15(31-2)13-19(21)33-4/h6,9,11-13H,5,7-8,10H2,1-4H3,(H,24,30). The van der Waals surface area contributed by atoms with Crippen molar-refractivity contribution >= 4 is 23.4 Å². The van der Waals surface area contributed by atoms with Crippen molar-refractivity contribution in [1.82, 2.24) is 20.1 Å². The van der Waals surface area contributed by atoms with Gasteiger partial charge in [-0.15, -0.1) is 5.10 Å². The number of pyridine rings is 1. The molecular formula is C23H26N6O4. The lowest BCUT2D eigenvalue weighted by Crippen LogP contribution is -2.28. The number of carbonyl (C=O) groups excluding carboxylic acids is 1. The highest BCUT2D eigenvalue weighted by Gasteiger charge is 2.31. The van der Waals surface area contributed by atoms with E-state index in [1.54, 1.807) is 26.2 Å². The molecule has 0 aliphatic carbocycles. The summed E-state index contributed by atoms with van der Waals surface area (Å²) >= 11 is 0. The predicted molar refractivity (Wildman–Crippen MR) is 124 cm³/mol. The number of hydrogen-bond donors (Lipinski definition) is 1. The Morgan fingerprint density at radius 1 is 1.00 bits per heavy atom. The molecule has 0 spiro atoms. The van der Waals surface area contributed by atoms with Gasteiger partial charge in [0, 0.05) is 55.3 Å². The number of carbonyl (C=O) groups is 1. The number of urea groups is 1. The molecule has 0 saturated carbocycles. The van der Waals surface area contributed by atoms with Gasteiger partial charge in [0.15, 0.2) is 5.82 Å². The summed E-state index contributed by atoms with van der Waals surface area (Å²) < 4.78 is 18.6. The molecule has 2 aliphatic rings. The summed E-state index contributed by atoms with van der Waals surface area (Å²) in [5, 5.41) is 7.50. The molecule has 0 bridgehead atoms. The lowest BCUT2D eigenvalue weighted by atomic mass is 10.1. The summed E-state index contributed by atoms with van der Waals surface area (Å²) in [6.45, 7) is 3.89. The maximum atomic E-state index is 12.0. The van der Waals surface area contributed by atoms with Gasteiger partial charge in [0.1, 0.15) is 28.8 Å². The molecule has 33 heavy (non-hydrogen) atoms. The van der Waals surface area contributed by atoms with Gasteiger partial charge in [-0.25, -0.2) is 14.5 Å². The van der Waals surface area contributed by atoms with E-state index in [0.29, 0.717) is 42.7 Å². The first kappa shape index (κ1) is 20.9. The third-order valence-corrected chi connectivity index (χ3v) is 5.96. The fourth-order valence-electron chi connectivity index (χ4n) is 4.42. The second kappa shape index (κ2) is 8.19. The SMILES string of the molecule is COc1cc(OC)c(N2CCc3c(-n4ccc(N5CCNC5=O)n4)cc(C)nc32)c(OC)c1. The molecule has 1 fully saturated rings. The number of hydrogen-bond acceptors (Lipinski definition) is 7. The third kappa shape index (κ3) is 3.47. The molecule has 10 nitrogen and oxygen atoms in total. The molecule has 0 radical (unpaired) electrons. The van der Waals surface area contributed by atoms with Gasteiger partial charge in [-0.2, -0.15) is 0 Å². The van der Waals surface area contributed by atoms with E-state index in [-0.39, 0.29) is 6.03 Å². The predicted octanol–water partition coefficient (Wildman–Crippen LogP) is 2.83. The molecule has 1 aromatic carbocycles. The van der Waals surface area contributed by atoms with Gasteiger partial charge in [-0.1, -0.05) is 0 Å². The number of aromatic nitrogens is 3. The van der Waals surface area contributed by atoms with Crippen molar-refractivity contribution in [2.45, 2.75) is 13.3 Å². The molecule has 2 aromatic heterocycles. The Morgan fingerprint density at radius 2 is 1.76 bits per heavy atom. The van der Waals surface area contributed by atoms with Crippen molar-refractivity contribution in [3.05, 3.63) is 41.7 Å². The maximum Gasteiger partial charge on any atom is 0.323 e. The second-order valence-electron chi connectivity index (χ2n) is 7.87. The average molecular weight is 450 g/mol. The minimum absolute atomic E-state index is 0.124. The molecule has 4 heterocycles. The number of rotatable bonds is 6. The molecule has 2 amide bonds. The fourth-order valence-corrected chi connectivity index (χ4v) is 4.42. The van der Waals surface area contributed by atoms with Crippen LogP contribution in [0.4, 0.5) is 22.1 Å². The number of ether oxygens (including phenoxy) is 3. The summed E-state index contributed by atoms with van der Waals surface area (Å²) in [5.41, 5.74) is 3.68. The van der Waals surface area contributed by atoms with E-state index in [0.717, 1.165) is 34.9 Å². The topological polar surface area (TPSA) is 94.0 Å². The van der Waals surface area contributed by atoms with Gasteiger partial charge in [-0.3, -0.25) is 4.90 Å². The fraction of sp³-hybridized carbons (Fsp3) is 0.348. The van der Waals surface area contributed by atoms with Crippen LogP contribution in [0.15, 0.2) is 30.5 Å². The van der Waals surface area contributed by atoms with Crippen LogP contribution in [0.25, 0.3) is 5.69 Å². The molecule has 0 atom stereocenters. The van der Waals surface area contributed by atoms with Crippen molar-refractivity contribution in [2.24, 2.45) is 0 Å². The first-order chi connectivity index (χ1) is 16.0. The Labute approximate surface area is 191 Å². The van der Waals surface area contributed by atoms with Crippen LogP contribution in [0.5, 0.6) is 17.2 Å². The molecule has 5 rings (SSSR count). The number of fused-ring (bicyclic) bond motifs is 1. The van der Waals surface area contributed by atoms with Gasteiger partial charge >= 0.3 is 6.03 Å². The first-order valence-corrected chi connectivity index (χ1v) is 10.7. The lowest BCUT2D eigenvalue weighted by molar-refractivity contribution is 0.252. The van der Waals surface area contributed by atoms with Crippen molar-refractivity contribution < 1.29 is 19.0 Å². The van der Waals surface area contributed by atoms with E-state index < -0.39 is 0 Å². The summed E-state index contributed by atoms with van der Waals surface area (Å²) in [6.07, 6.45) is 2.66. The van der Waals surface area contributed by atoms with Crippen LogP contribution in [0.2, 0.25) is 0 Å². The summed E-state index contributed by atoms with van der Waals surface area (Å²) in [7, 11) is 4.87. The van der Waals surface area contributed by atoms with E-state index in [9.17, 15) is 4.79 Å². The van der Waals surface area contributed by atoms with Gasteiger partial charge in [-0.05, 0) is 19.4 Å². The van der Waals surface area contributed by atoms with Crippen molar-refractivity contribution in [3.8, 4) is 22.9 Å². The van der Waals surface area contributed by atoms with E-state index in [4.69, 9.17) is 19.2 Å². The number of amides is 2. The summed E-state index contributed by atoms with van der Waals surface area (Å²) in [4.78, 5) is 20.7. The molecule has 10 heteroatoms. The zero-order valence-corrected chi connectivity index (χ0v) is 19.1. The Morgan fingerprint density at radius 3 is 2.39 bits per heavy atom. The second-order valence-corrected chi connectivity index (χ2v) is 7.87. The number of nitrogens with one attached hydrogen (secondary N) is 1. The van der Waals surface area contributed by atoms with Crippen molar-refractivity contribution in [1.29, 1.82) is 0 Å². The molecule has 1 N–H and O–H groups in total. The monoisotopic (exact) mass is 450 g/mol. The minimum atomic E-state index is -0.124. The molecule has 2 aliphatic heterocycles. The highest BCUT2D eigenvalue weighted by molar-refractivity contribution is 5.93. The highest BCUT2D eigenvalue weighted by Crippen LogP contribution is 2.47. The van der Waals surface area contributed by atoms with Gasteiger partial charge in [0.25, 0.3) is 0 Å². The zero-order chi connectivity index (χ0) is 23.1. The zero-order valence-electron chi connectivity index (χ0n) is 19.1. The van der Waals surface area contributed by atoms with Crippen LogP contribution >= 0.6 is 0 Å². The van der Waals surface area contributed by atoms with Crippen LogP contribution < -0.4 is 29.3 Å². The Balaban J connectivity index is 1.58. The van der Waals surface area contributed by atoms with E-state index in [2.05, 4.69) is 15.3 Å². The molecular weight excluding hydrogens is 424 g/mol. The van der Waals surface area contributed by atoms with Crippen LogP contribution in [-0.2, 0) is 6.42 Å². The minimum Gasteiger partial charge on any atom is -0.496 e.